The van der Waals surface area contributed by atoms with E-state index in [0.29, 0.717) is 0 Å². The number of aromatic nitrogens is 6. The number of carboxylic acids is 1. The van der Waals surface area contributed by atoms with Crippen molar-refractivity contribution in [2.45, 2.75) is 16.7 Å². The fourth-order valence-electron chi connectivity index (χ4n) is 3.92. The van der Waals surface area contributed by atoms with Crippen LogP contribution in [0.15, 0.2) is 27.9 Å². The normalized spacial score (nSPS) is 19.7. The van der Waals surface area contributed by atoms with Gasteiger partial charge in [-0.15, -0.1) is 32.8 Å². The molecule has 0 aliphatic carbocycles. The highest BCUT2D eigenvalue weighted by molar-refractivity contribution is 8.00. The number of carboxylic acid groups (broad SMARTS) is 1. The van der Waals surface area contributed by atoms with Crippen LogP contribution in [-0.2, 0) is 24.0 Å². The maximum atomic E-state index is 13.2. The number of thioether (sulfide) groups is 1. The predicted octanol–water partition coefficient (Wildman–Crippen LogP) is -2.24. The molecular weight excluding hydrogens is 588 g/mol. The number of carbonyl (C=O) groups is 4. The molecule has 18 nitrogen and oxygen atoms in total. The maximum absolute atomic E-state index is 13.2. The van der Waals surface area contributed by atoms with E-state index in [1.54, 1.807) is 0 Å². The molecule has 0 saturated carbocycles. The lowest BCUT2D eigenvalue weighted by Gasteiger charge is -2.49. The minimum Gasteiger partial charge on any atom is -0.477 e. The van der Waals surface area contributed by atoms with Gasteiger partial charge in [0.25, 0.3) is 17.7 Å². The third-order valence-electron chi connectivity index (χ3n) is 5.66. The molecule has 3 atom stereocenters. The zero-order valence-corrected chi connectivity index (χ0v) is 22.4. The molecule has 40 heavy (non-hydrogen) atoms. The van der Waals surface area contributed by atoms with Crippen LogP contribution in [0.5, 0.6) is 0 Å². The summed E-state index contributed by atoms with van der Waals surface area (Å²) < 4.78 is 1.09. The Morgan fingerprint density at radius 2 is 2.12 bits per heavy atom. The first kappa shape index (κ1) is 27.1. The number of anilines is 2. The number of amides is 3. The van der Waals surface area contributed by atoms with Gasteiger partial charge in [-0.05, 0) is 22.1 Å². The van der Waals surface area contributed by atoms with Gasteiger partial charge in [0.2, 0.25) is 5.65 Å². The molecule has 3 aromatic rings. The van der Waals surface area contributed by atoms with Crippen molar-refractivity contribution < 1.29 is 29.1 Å². The number of nitrogens with two attached hydrogens (primary N) is 3. The van der Waals surface area contributed by atoms with E-state index in [4.69, 9.17) is 22.0 Å². The Balaban J connectivity index is 1.39. The van der Waals surface area contributed by atoms with Crippen LogP contribution in [0.4, 0.5) is 10.8 Å². The van der Waals surface area contributed by atoms with Crippen LogP contribution in [0.2, 0.25) is 0 Å². The van der Waals surface area contributed by atoms with E-state index in [1.165, 1.54) is 23.2 Å². The number of tetrazole rings is 1. The Labute approximate surface area is 236 Å². The fraction of sp³-hybridized carbons (Fsp3) is 0.263. The van der Waals surface area contributed by atoms with Gasteiger partial charge in [-0.1, -0.05) is 5.16 Å². The molecule has 0 bridgehead atoms. The minimum absolute atomic E-state index is 0.0436. The standard InChI is InChI=1S/C19H18N12O6S3/c20-6-1-7(26-31-14(6)25-28-29-31)13(38)5-3-39-17-11(16(34)30(17)12(5)18(35)36)24-15(33)10(27-37-2-9(21)32)8-4-40-19(22)23-8/h1,4,11,13,17,38H,2-3,20H2,(H2,21,32)(H2,22,23)(H,24,33)(H,35,36)/b27-10+. The summed E-state index contributed by atoms with van der Waals surface area (Å²) in [6.07, 6.45) is 0. The highest BCUT2D eigenvalue weighted by Gasteiger charge is 2.55. The molecule has 3 unspecified atom stereocenters. The SMILES string of the molecule is NC(=O)CO/N=C(/C(=O)NC1C(=O)N2C(C(=O)O)=C(C(S)c3cc(N)c4nnnn4n3)CSC12)c1csc(N)n1. The number of β-lactam (4-membered cyclic amide) rings is 1. The first-order valence-corrected chi connectivity index (χ1v) is 13.5. The Hall–Kier alpha value is -4.50. The maximum Gasteiger partial charge on any atom is 0.352 e. The van der Waals surface area contributed by atoms with E-state index in [2.05, 4.69) is 48.7 Å². The van der Waals surface area contributed by atoms with Crippen LogP contribution in [-0.4, -0.2) is 93.4 Å². The second-order valence-electron chi connectivity index (χ2n) is 8.21. The Morgan fingerprint density at radius 3 is 2.80 bits per heavy atom. The average molecular weight is 607 g/mol. The summed E-state index contributed by atoms with van der Waals surface area (Å²) in [6, 6.07) is 0.371. The zero-order chi connectivity index (χ0) is 28.7. The van der Waals surface area contributed by atoms with Gasteiger partial charge in [-0.2, -0.15) is 17.7 Å². The molecule has 1 saturated heterocycles. The van der Waals surface area contributed by atoms with Gasteiger partial charge < -0.3 is 32.5 Å². The van der Waals surface area contributed by atoms with E-state index in [0.717, 1.165) is 20.9 Å². The number of thiol groups is 1. The highest BCUT2D eigenvalue weighted by Crippen LogP contribution is 2.45. The van der Waals surface area contributed by atoms with Gasteiger partial charge >= 0.3 is 5.97 Å². The second-order valence-corrected chi connectivity index (χ2v) is 10.7. The number of carbonyl (C=O) groups excluding carboxylic acids is 3. The highest BCUT2D eigenvalue weighted by atomic mass is 32.2. The number of hydrogen-bond acceptors (Lipinski definition) is 16. The van der Waals surface area contributed by atoms with Gasteiger partial charge in [0.1, 0.15) is 22.8 Å². The molecule has 3 amide bonds. The number of nitrogens with one attached hydrogen (secondary N) is 1. The van der Waals surface area contributed by atoms with Crippen molar-refractivity contribution in [2.75, 3.05) is 23.8 Å². The molecule has 21 heteroatoms. The fourth-order valence-corrected chi connectivity index (χ4v) is 6.32. The van der Waals surface area contributed by atoms with Crippen LogP contribution in [0.3, 0.4) is 0 Å². The molecule has 0 aromatic carbocycles. The van der Waals surface area contributed by atoms with Crippen molar-refractivity contribution in [3.63, 3.8) is 0 Å². The van der Waals surface area contributed by atoms with Gasteiger partial charge in [0.15, 0.2) is 17.5 Å². The lowest BCUT2D eigenvalue weighted by atomic mass is 10.00. The lowest BCUT2D eigenvalue weighted by molar-refractivity contribution is -0.150. The quantitative estimate of drug-likeness (QED) is 0.0650. The Kier molecular flexibility index (Phi) is 7.16. The number of primary amides is 1. The number of rotatable bonds is 9. The van der Waals surface area contributed by atoms with Crippen molar-refractivity contribution in [3.8, 4) is 0 Å². The number of fused-ring (bicyclic) bond motifs is 2. The number of aliphatic carboxylic acids is 1. The lowest BCUT2D eigenvalue weighted by Crippen LogP contribution is -2.71. The van der Waals surface area contributed by atoms with E-state index in [9.17, 15) is 24.3 Å². The van der Waals surface area contributed by atoms with E-state index < -0.39 is 47.0 Å². The second kappa shape index (κ2) is 10.6. The van der Waals surface area contributed by atoms with Crippen LogP contribution in [0.25, 0.3) is 5.65 Å². The van der Waals surface area contributed by atoms with Crippen molar-refractivity contribution in [1.29, 1.82) is 0 Å². The smallest absolute Gasteiger partial charge is 0.352 e. The molecule has 208 valence electrons. The first-order valence-electron chi connectivity index (χ1n) is 11.0. The van der Waals surface area contributed by atoms with Gasteiger partial charge in [0, 0.05) is 11.1 Å². The third kappa shape index (κ3) is 4.84. The number of oxime groups is 1. The van der Waals surface area contributed by atoms with Crippen LogP contribution in [0, 0.1) is 0 Å². The molecule has 0 radical (unpaired) electrons. The monoisotopic (exact) mass is 606 g/mol. The van der Waals surface area contributed by atoms with Gasteiger partial charge in [0.05, 0.1) is 16.6 Å². The molecule has 5 heterocycles. The number of thiazole rings is 1. The van der Waals surface area contributed by atoms with Crippen molar-refractivity contribution >= 4 is 81.6 Å². The van der Waals surface area contributed by atoms with Crippen LogP contribution >= 0.6 is 35.7 Å². The molecule has 0 spiro atoms. The van der Waals surface area contributed by atoms with Crippen LogP contribution in [0.1, 0.15) is 16.6 Å². The molecule has 2 aliphatic heterocycles. The van der Waals surface area contributed by atoms with Gasteiger partial charge in [-0.3, -0.25) is 19.3 Å². The summed E-state index contributed by atoms with van der Waals surface area (Å²) in [5, 5.41) is 31.4. The summed E-state index contributed by atoms with van der Waals surface area (Å²) in [5.74, 6) is -3.60. The summed E-state index contributed by atoms with van der Waals surface area (Å²) in [4.78, 5) is 59.4. The average Bonchev–Trinajstić information content (AvgIpc) is 3.57. The van der Waals surface area contributed by atoms with Crippen molar-refractivity contribution in [2.24, 2.45) is 10.9 Å². The summed E-state index contributed by atoms with van der Waals surface area (Å²) in [6.45, 7) is -0.605. The zero-order valence-electron chi connectivity index (χ0n) is 19.9. The molecular formula is C19H18N12O6S3. The topological polar surface area (TPSA) is 272 Å². The third-order valence-corrected chi connectivity index (χ3v) is 8.22. The largest absolute Gasteiger partial charge is 0.477 e. The molecule has 8 N–H and O–H groups in total. The van der Waals surface area contributed by atoms with Crippen LogP contribution < -0.4 is 22.5 Å². The van der Waals surface area contributed by atoms with E-state index in [1.807, 2.05) is 0 Å². The van der Waals surface area contributed by atoms with E-state index in [-0.39, 0.29) is 50.6 Å². The number of nitrogens with zero attached hydrogens (tertiary/aromatic N) is 8. The van der Waals surface area contributed by atoms with Crippen molar-refractivity contribution in [1.82, 2.24) is 40.5 Å². The Morgan fingerprint density at radius 1 is 1.35 bits per heavy atom. The number of nitrogen functional groups attached to an aromatic ring is 2. The minimum atomic E-state index is -1.37. The molecule has 5 rings (SSSR count). The van der Waals surface area contributed by atoms with Gasteiger partial charge in [-0.25, -0.2) is 9.78 Å². The number of hydrogen-bond donors (Lipinski definition) is 6. The predicted molar refractivity (Wildman–Crippen MR) is 143 cm³/mol. The molecule has 3 aromatic heterocycles. The summed E-state index contributed by atoms with van der Waals surface area (Å²) in [5.41, 5.74) is 17.1. The first-order chi connectivity index (χ1) is 19.1. The summed E-state index contributed by atoms with van der Waals surface area (Å²) in [7, 11) is 0. The molecule has 2 aliphatic rings. The van der Waals surface area contributed by atoms with Crippen molar-refractivity contribution in [3.05, 3.63) is 34.1 Å². The summed E-state index contributed by atoms with van der Waals surface area (Å²) >= 11 is 6.81. The van der Waals surface area contributed by atoms with E-state index >= 15 is 0 Å². The molecule has 1 fully saturated rings. The Bertz CT molecular complexity index is 1620.